The van der Waals surface area contributed by atoms with Crippen LogP contribution in [0.5, 0.6) is 0 Å². The van der Waals surface area contributed by atoms with Crippen molar-refractivity contribution in [3.8, 4) is 0 Å². The highest BCUT2D eigenvalue weighted by Gasteiger charge is 2.33. The van der Waals surface area contributed by atoms with Crippen molar-refractivity contribution in [2.75, 3.05) is 13.1 Å². The van der Waals surface area contributed by atoms with Crippen molar-refractivity contribution < 1.29 is 4.79 Å². The fourth-order valence-electron chi connectivity index (χ4n) is 2.15. The highest BCUT2D eigenvalue weighted by molar-refractivity contribution is 7.11. The van der Waals surface area contributed by atoms with Gasteiger partial charge in [-0.05, 0) is 25.8 Å². The Hall–Kier alpha value is -0.940. The number of rotatable bonds is 4. The standard InChI is InChI=1S/C12H19N3OS/c1-3-10-6-14-12(17-10)8(2)15-7-9(5-13)4-11(15)16/h6,8-9H,3-5,7,13H2,1-2H3. The molecular formula is C12H19N3OS. The SMILES string of the molecule is CCc1cnc(C(C)N2CC(CN)CC2=O)s1. The van der Waals surface area contributed by atoms with E-state index in [1.807, 2.05) is 11.1 Å². The quantitative estimate of drug-likeness (QED) is 0.886. The predicted molar refractivity (Wildman–Crippen MR) is 68.8 cm³/mol. The summed E-state index contributed by atoms with van der Waals surface area (Å²) in [6.45, 7) is 5.53. The van der Waals surface area contributed by atoms with Gasteiger partial charge in [0.05, 0.1) is 6.04 Å². The van der Waals surface area contributed by atoms with Crippen molar-refractivity contribution >= 4 is 17.2 Å². The van der Waals surface area contributed by atoms with E-state index < -0.39 is 0 Å². The average Bonchev–Trinajstić information content (AvgIpc) is 2.94. The van der Waals surface area contributed by atoms with Gasteiger partial charge >= 0.3 is 0 Å². The summed E-state index contributed by atoms with van der Waals surface area (Å²) in [5.41, 5.74) is 5.63. The smallest absolute Gasteiger partial charge is 0.223 e. The minimum atomic E-state index is 0.0874. The first kappa shape index (κ1) is 12.5. The number of amides is 1. The van der Waals surface area contributed by atoms with Crippen LogP contribution in [0.15, 0.2) is 6.20 Å². The summed E-state index contributed by atoms with van der Waals surface area (Å²) in [7, 11) is 0. The first-order valence-corrected chi connectivity index (χ1v) is 6.91. The average molecular weight is 253 g/mol. The molecule has 2 heterocycles. The molecule has 4 nitrogen and oxygen atoms in total. The maximum Gasteiger partial charge on any atom is 0.223 e. The summed E-state index contributed by atoms with van der Waals surface area (Å²) in [6, 6.07) is 0.0874. The normalized spacial score (nSPS) is 22.2. The molecule has 2 unspecified atom stereocenters. The van der Waals surface area contributed by atoms with Crippen LogP contribution in [-0.4, -0.2) is 28.9 Å². The maximum atomic E-state index is 11.9. The molecule has 0 aliphatic carbocycles. The lowest BCUT2D eigenvalue weighted by Gasteiger charge is -2.22. The molecule has 0 saturated carbocycles. The summed E-state index contributed by atoms with van der Waals surface area (Å²) >= 11 is 1.70. The molecule has 94 valence electrons. The van der Waals surface area contributed by atoms with Gasteiger partial charge in [-0.2, -0.15) is 0 Å². The van der Waals surface area contributed by atoms with Crippen LogP contribution in [-0.2, 0) is 11.2 Å². The summed E-state index contributed by atoms with van der Waals surface area (Å²) in [6.07, 6.45) is 3.51. The third-order valence-corrected chi connectivity index (χ3v) is 4.63. The number of hydrogen-bond acceptors (Lipinski definition) is 4. The molecule has 1 aliphatic rings. The molecule has 0 bridgehead atoms. The van der Waals surface area contributed by atoms with Crippen molar-refractivity contribution in [1.82, 2.24) is 9.88 Å². The number of likely N-dealkylation sites (tertiary alicyclic amines) is 1. The Bertz CT molecular complexity index is 404. The molecular weight excluding hydrogens is 234 g/mol. The Morgan fingerprint density at radius 3 is 3.00 bits per heavy atom. The number of thiazole rings is 1. The summed E-state index contributed by atoms with van der Waals surface area (Å²) in [5, 5.41) is 1.04. The van der Waals surface area contributed by atoms with Gasteiger partial charge in [-0.3, -0.25) is 4.79 Å². The molecule has 0 aromatic carbocycles. The molecule has 2 rings (SSSR count). The predicted octanol–water partition coefficient (Wildman–Crippen LogP) is 1.57. The summed E-state index contributed by atoms with van der Waals surface area (Å²) in [5.74, 6) is 0.525. The zero-order valence-electron chi connectivity index (χ0n) is 10.3. The molecule has 1 aromatic rings. The third-order valence-electron chi connectivity index (χ3n) is 3.32. The van der Waals surface area contributed by atoms with E-state index in [0.29, 0.717) is 18.9 Å². The molecule has 5 heteroatoms. The van der Waals surface area contributed by atoms with Crippen molar-refractivity contribution in [1.29, 1.82) is 0 Å². The van der Waals surface area contributed by atoms with Crippen LogP contribution in [0.1, 0.15) is 36.2 Å². The van der Waals surface area contributed by atoms with Gasteiger partial charge in [-0.25, -0.2) is 4.98 Å². The van der Waals surface area contributed by atoms with E-state index >= 15 is 0 Å². The Balaban J connectivity index is 2.09. The van der Waals surface area contributed by atoms with Gasteiger partial charge < -0.3 is 10.6 Å². The van der Waals surface area contributed by atoms with E-state index in [1.165, 1.54) is 4.88 Å². The van der Waals surface area contributed by atoms with Crippen molar-refractivity contribution in [2.45, 2.75) is 32.7 Å². The van der Waals surface area contributed by atoms with Crippen LogP contribution in [0.2, 0.25) is 0 Å². The molecule has 1 fully saturated rings. The second kappa shape index (κ2) is 5.14. The van der Waals surface area contributed by atoms with E-state index in [1.54, 1.807) is 11.3 Å². The molecule has 1 saturated heterocycles. The van der Waals surface area contributed by atoms with Gasteiger partial charge in [0.25, 0.3) is 0 Å². The van der Waals surface area contributed by atoms with Crippen molar-refractivity contribution in [3.05, 3.63) is 16.1 Å². The number of carbonyl (C=O) groups is 1. The molecule has 1 aliphatic heterocycles. The first-order valence-electron chi connectivity index (χ1n) is 6.09. The number of aryl methyl sites for hydroxylation is 1. The summed E-state index contributed by atoms with van der Waals surface area (Å²) in [4.78, 5) is 19.5. The molecule has 2 N–H and O–H groups in total. The number of carbonyl (C=O) groups excluding carboxylic acids is 1. The van der Waals surface area contributed by atoms with Gasteiger partial charge in [-0.15, -0.1) is 11.3 Å². The number of aromatic nitrogens is 1. The van der Waals surface area contributed by atoms with Crippen LogP contribution in [0.25, 0.3) is 0 Å². The topological polar surface area (TPSA) is 59.2 Å². The molecule has 17 heavy (non-hydrogen) atoms. The monoisotopic (exact) mass is 253 g/mol. The molecule has 1 aromatic heterocycles. The minimum absolute atomic E-state index is 0.0874. The summed E-state index contributed by atoms with van der Waals surface area (Å²) < 4.78 is 0. The van der Waals surface area contributed by atoms with Gasteiger partial charge in [0, 0.05) is 24.0 Å². The fraction of sp³-hybridized carbons (Fsp3) is 0.667. The van der Waals surface area contributed by atoms with Gasteiger partial charge in [0.2, 0.25) is 5.91 Å². The zero-order valence-corrected chi connectivity index (χ0v) is 11.2. The Morgan fingerprint density at radius 1 is 1.71 bits per heavy atom. The van der Waals surface area contributed by atoms with Crippen LogP contribution >= 0.6 is 11.3 Å². The molecule has 0 radical (unpaired) electrons. The third kappa shape index (κ3) is 2.50. The Morgan fingerprint density at radius 2 is 2.47 bits per heavy atom. The molecule has 1 amide bonds. The zero-order chi connectivity index (χ0) is 12.4. The minimum Gasteiger partial charge on any atom is -0.333 e. The van der Waals surface area contributed by atoms with E-state index in [9.17, 15) is 4.79 Å². The second-order valence-electron chi connectivity index (χ2n) is 4.55. The van der Waals surface area contributed by atoms with Crippen LogP contribution in [0.4, 0.5) is 0 Å². The van der Waals surface area contributed by atoms with Crippen LogP contribution < -0.4 is 5.73 Å². The lowest BCUT2D eigenvalue weighted by atomic mass is 10.1. The number of hydrogen-bond donors (Lipinski definition) is 1. The number of nitrogens with zero attached hydrogens (tertiary/aromatic N) is 2. The largest absolute Gasteiger partial charge is 0.333 e. The first-order chi connectivity index (χ1) is 8.15. The van der Waals surface area contributed by atoms with Crippen molar-refractivity contribution in [3.63, 3.8) is 0 Å². The lowest BCUT2D eigenvalue weighted by Crippen LogP contribution is -2.29. The highest BCUT2D eigenvalue weighted by atomic mass is 32.1. The van der Waals surface area contributed by atoms with Crippen LogP contribution in [0.3, 0.4) is 0 Å². The Labute approximate surface area is 106 Å². The Kier molecular flexibility index (Phi) is 3.79. The maximum absolute atomic E-state index is 11.9. The molecule has 2 atom stereocenters. The van der Waals surface area contributed by atoms with E-state index in [4.69, 9.17) is 5.73 Å². The van der Waals surface area contributed by atoms with Gasteiger partial charge in [-0.1, -0.05) is 6.92 Å². The van der Waals surface area contributed by atoms with Crippen LogP contribution in [0, 0.1) is 5.92 Å². The van der Waals surface area contributed by atoms with E-state index in [0.717, 1.165) is 18.0 Å². The molecule has 0 spiro atoms. The second-order valence-corrected chi connectivity index (χ2v) is 5.69. The van der Waals surface area contributed by atoms with E-state index in [2.05, 4.69) is 18.8 Å². The van der Waals surface area contributed by atoms with Crippen molar-refractivity contribution in [2.24, 2.45) is 11.7 Å². The van der Waals surface area contributed by atoms with Gasteiger partial charge in [0.1, 0.15) is 5.01 Å². The van der Waals surface area contributed by atoms with Gasteiger partial charge in [0.15, 0.2) is 0 Å². The fourth-order valence-corrected chi connectivity index (χ4v) is 3.07. The lowest BCUT2D eigenvalue weighted by molar-refractivity contribution is -0.129. The number of nitrogens with two attached hydrogens (primary N) is 1. The van der Waals surface area contributed by atoms with E-state index in [-0.39, 0.29) is 11.9 Å². The highest BCUT2D eigenvalue weighted by Crippen LogP contribution is 2.30.